The Labute approximate surface area is 101 Å². The summed E-state index contributed by atoms with van der Waals surface area (Å²) in [4.78, 5) is 5.15. The van der Waals surface area contributed by atoms with Crippen molar-refractivity contribution in [1.29, 1.82) is 0 Å². The topological polar surface area (TPSA) is 45.2 Å². The first-order valence-corrected chi connectivity index (χ1v) is 7.06. The highest BCUT2D eigenvalue weighted by Gasteiger charge is 2.15. The molecule has 1 aliphatic carbocycles. The zero-order valence-electron chi connectivity index (χ0n) is 9.83. The van der Waals surface area contributed by atoms with Gasteiger partial charge in [0.25, 0.3) is 0 Å². The van der Waals surface area contributed by atoms with E-state index >= 15 is 0 Å². The predicted octanol–water partition coefficient (Wildman–Crippen LogP) is 3.55. The van der Waals surface area contributed by atoms with Gasteiger partial charge in [0.1, 0.15) is 0 Å². The van der Waals surface area contributed by atoms with Crippen molar-refractivity contribution in [3.8, 4) is 5.88 Å². The average Bonchev–Trinajstić information content (AvgIpc) is 2.50. The molecular weight excluding hydrogens is 220 g/mol. The molecule has 0 amide bonds. The molecule has 0 aliphatic heterocycles. The molecule has 0 bridgehead atoms. The fourth-order valence-corrected chi connectivity index (χ4v) is 3.11. The Balaban J connectivity index is 1.96. The summed E-state index contributed by atoms with van der Waals surface area (Å²) in [5.74, 6) is 0.212. The molecule has 0 atom stereocenters. The quantitative estimate of drug-likeness (QED) is 0.794. The number of rotatable bonds is 3. The van der Waals surface area contributed by atoms with Gasteiger partial charge in [-0.2, -0.15) is 4.98 Å². The van der Waals surface area contributed by atoms with E-state index in [4.69, 9.17) is 0 Å². The molecule has 1 fully saturated rings. The van der Waals surface area contributed by atoms with Gasteiger partial charge in [0.15, 0.2) is 5.13 Å². The third kappa shape index (κ3) is 2.88. The first-order chi connectivity index (χ1) is 7.79. The number of aromatic hydroxyl groups is 1. The number of hydrogen-bond acceptors (Lipinski definition) is 4. The smallest absolute Gasteiger partial charge is 0.227 e. The maximum atomic E-state index is 9.58. The first kappa shape index (κ1) is 11.7. The Hall–Kier alpha value is -0.770. The van der Waals surface area contributed by atoms with Crippen molar-refractivity contribution in [1.82, 2.24) is 4.98 Å². The fraction of sp³-hybridized carbons (Fsp3) is 0.750. The maximum absolute atomic E-state index is 9.58. The van der Waals surface area contributed by atoms with E-state index in [1.54, 1.807) is 11.3 Å². The average molecular weight is 240 g/mol. The van der Waals surface area contributed by atoms with Gasteiger partial charge < -0.3 is 10.4 Å². The van der Waals surface area contributed by atoms with Crippen molar-refractivity contribution >= 4 is 16.5 Å². The molecule has 0 radical (unpaired) electrons. The minimum atomic E-state index is 0.212. The highest BCUT2D eigenvalue weighted by atomic mass is 32.1. The minimum Gasteiger partial charge on any atom is -0.492 e. The van der Waals surface area contributed by atoms with Gasteiger partial charge >= 0.3 is 0 Å². The zero-order chi connectivity index (χ0) is 11.4. The van der Waals surface area contributed by atoms with Crippen LogP contribution in [0.2, 0.25) is 0 Å². The van der Waals surface area contributed by atoms with E-state index < -0.39 is 0 Å². The Morgan fingerprint density at radius 3 is 2.56 bits per heavy atom. The van der Waals surface area contributed by atoms with Crippen LogP contribution in [0.1, 0.15) is 50.3 Å². The van der Waals surface area contributed by atoms with Crippen molar-refractivity contribution in [2.75, 3.05) is 5.32 Å². The Morgan fingerprint density at radius 2 is 2.00 bits per heavy atom. The van der Waals surface area contributed by atoms with Gasteiger partial charge in [-0.05, 0) is 19.3 Å². The number of anilines is 1. The van der Waals surface area contributed by atoms with Crippen molar-refractivity contribution in [2.24, 2.45) is 0 Å². The van der Waals surface area contributed by atoms with Crippen LogP contribution in [0.15, 0.2) is 0 Å². The zero-order valence-corrected chi connectivity index (χ0v) is 10.6. The van der Waals surface area contributed by atoms with Crippen LogP contribution in [0.25, 0.3) is 0 Å². The summed E-state index contributed by atoms with van der Waals surface area (Å²) < 4.78 is 0. The second-order valence-electron chi connectivity index (χ2n) is 4.45. The van der Waals surface area contributed by atoms with Crippen LogP contribution in [0.4, 0.5) is 5.13 Å². The van der Waals surface area contributed by atoms with E-state index in [-0.39, 0.29) is 5.88 Å². The Morgan fingerprint density at radius 1 is 1.31 bits per heavy atom. The van der Waals surface area contributed by atoms with Crippen LogP contribution >= 0.6 is 11.3 Å². The van der Waals surface area contributed by atoms with E-state index in [2.05, 4.69) is 10.3 Å². The Kier molecular flexibility index (Phi) is 4.04. The summed E-state index contributed by atoms with van der Waals surface area (Å²) in [5, 5.41) is 13.9. The van der Waals surface area contributed by atoms with Crippen LogP contribution in [0, 0.1) is 0 Å². The molecule has 2 N–H and O–H groups in total. The van der Waals surface area contributed by atoms with Crippen molar-refractivity contribution in [3.05, 3.63) is 4.88 Å². The monoisotopic (exact) mass is 240 g/mol. The standard InChI is InChI=1S/C12H20N2OS/c1-2-10-11(15)14-12(16-10)13-9-7-5-3-4-6-8-9/h9,15H,2-8H2,1H3,(H,13,14). The van der Waals surface area contributed by atoms with Gasteiger partial charge in [-0.15, -0.1) is 0 Å². The van der Waals surface area contributed by atoms with Crippen LogP contribution in [0.3, 0.4) is 0 Å². The molecule has 0 saturated heterocycles. The van der Waals surface area contributed by atoms with Crippen LogP contribution in [-0.4, -0.2) is 16.1 Å². The lowest BCUT2D eigenvalue weighted by atomic mass is 10.1. The summed E-state index contributed by atoms with van der Waals surface area (Å²) in [6, 6.07) is 0.553. The maximum Gasteiger partial charge on any atom is 0.227 e. The third-order valence-corrected chi connectivity index (χ3v) is 4.30. The van der Waals surface area contributed by atoms with Crippen LogP contribution in [0.5, 0.6) is 5.88 Å². The molecule has 90 valence electrons. The molecular formula is C12H20N2OS. The van der Waals surface area contributed by atoms with Gasteiger partial charge in [-0.25, -0.2) is 0 Å². The number of aromatic nitrogens is 1. The Bertz CT molecular complexity index is 330. The number of aryl methyl sites for hydroxylation is 1. The fourth-order valence-electron chi connectivity index (χ4n) is 2.23. The number of hydrogen-bond donors (Lipinski definition) is 2. The molecule has 1 aromatic rings. The molecule has 0 unspecified atom stereocenters. The first-order valence-electron chi connectivity index (χ1n) is 6.24. The molecule has 3 nitrogen and oxygen atoms in total. The molecule has 0 spiro atoms. The molecule has 1 aliphatic rings. The number of nitrogens with one attached hydrogen (secondary N) is 1. The van der Waals surface area contributed by atoms with Gasteiger partial charge in [-0.3, -0.25) is 0 Å². The van der Waals surface area contributed by atoms with E-state index in [1.807, 2.05) is 6.92 Å². The van der Waals surface area contributed by atoms with Crippen LogP contribution in [-0.2, 0) is 6.42 Å². The number of nitrogens with zero attached hydrogens (tertiary/aromatic N) is 1. The lowest BCUT2D eigenvalue weighted by molar-refractivity contribution is 0.452. The van der Waals surface area contributed by atoms with Gasteiger partial charge in [0.05, 0.1) is 4.88 Å². The van der Waals surface area contributed by atoms with Gasteiger partial charge in [-0.1, -0.05) is 43.9 Å². The third-order valence-electron chi connectivity index (χ3n) is 3.18. The lowest BCUT2D eigenvalue weighted by Gasteiger charge is -2.14. The predicted molar refractivity (Wildman–Crippen MR) is 68.3 cm³/mol. The second kappa shape index (κ2) is 5.53. The van der Waals surface area contributed by atoms with Crippen LogP contribution < -0.4 is 5.32 Å². The van der Waals surface area contributed by atoms with Crippen molar-refractivity contribution in [3.63, 3.8) is 0 Å². The highest BCUT2D eigenvalue weighted by Crippen LogP contribution is 2.30. The minimum absolute atomic E-state index is 0.212. The van der Waals surface area contributed by atoms with E-state index in [1.165, 1.54) is 38.5 Å². The molecule has 4 heteroatoms. The SMILES string of the molecule is CCc1sc(NC2CCCCCC2)nc1O. The molecule has 0 aromatic carbocycles. The molecule has 16 heavy (non-hydrogen) atoms. The molecule has 1 heterocycles. The van der Waals surface area contributed by atoms with Crippen molar-refractivity contribution in [2.45, 2.75) is 57.9 Å². The van der Waals surface area contributed by atoms with Gasteiger partial charge in [0.2, 0.25) is 5.88 Å². The lowest BCUT2D eigenvalue weighted by Crippen LogP contribution is -2.17. The second-order valence-corrected chi connectivity index (χ2v) is 5.54. The van der Waals surface area contributed by atoms with E-state index in [9.17, 15) is 5.11 Å². The molecule has 1 aromatic heterocycles. The normalized spacial score (nSPS) is 18.3. The molecule has 2 rings (SSSR count). The van der Waals surface area contributed by atoms with Gasteiger partial charge in [0, 0.05) is 6.04 Å². The summed E-state index contributed by atoms with van der Waals surface area (Å²) in [7, 11) is 0. The summed E-state index contributed by atoms with van der Waals surface area (Å²) >= 11 is 1.59. The largest absolute Gasteiger partial charge is 0.492 e. The van der Waals surface area contributed by atoms with E-state index in [0.29, 0.717) is 6.04 Å². The molecule has 1 saturated carbocycles. The van der Waals surface area contributed by atoms with E-state index in [0.717, 1.165) is 16.4 Å². The number of thiazole rings is 1. The summed E-state index contributed by atoms with van der Waals surface area (Å²) in [5.41, 5.74) is 0. The summed E-state index contributed by atoms with van der Waals surface area (Å²) in [6.45, 7) is 2.04. The van der Waals surface area contributed by atoms with Crippen molar-refractivity contribution < 1.29 is 5.11 Å². The highest BCUT2D eigenvalue weighted by molar-refractivity contribution is 7.15. The summed E-state index contributed by atoms with van der Waals surface area (Å²) in [6.07, 6.45) is 8.69.